The van der Waals surface area contributed by atoms with Crippen molar-refractivity contribution in [3.8, 4) is 0 Å². The zero-order valence-corrected chi connectivity index (χ0v) is 6.92. The Balaban J connectivity index is 2.83. The summed E-state index contributed by atoms with van der Waals surface area (Å²) < 4.78 is 0.306. The molecule has 5 heteroatoms. The van der Waals surface area contributed by atoms with Crippen LogP contribution in [0.15, 0.2) is 0 Å². The van der Waals surface area contributed by atoms with Gasteiger partial charge in [-0.15, -0.1) is 38.1 Å². The van der Waals surface area contributed by atoms with E-state index in [0.717, 1.165) is 0 Å². The highest BCUT2D eigenvalue weighted by Gasteiger charge is 1.93. The summed E-state index contributed by atoms with van der Waals surface area (Å²) in [6.07, 6.45) is 0. The maximum atomic E-state index is 6.58. The molecule has 0 fully saturated rings. The molecule has 0 aliphatic rings. The van der Waals surface area contributed by atoms with E-state index >= 15 is 0 Å². The molecule has 1 N–H and O–H groups in total. The fourth-order valence-corrected chi connectivity index (χ4v) is 0. The van der Waals surface area contributed by atoms with Crippen molar-refractivity contribution in [2.75, 3.05) is 0 Å². The van der Waals surface area contributed by atoms with Crippen LogP contribution in [0.25, 0.3) is 0 Å². The number of hydrogen-bond acceptors (Lipinski definition) is 1. The summed E-state index contributed by atoms with van der Waals surface area (Å²) in [7, 11) is 0.650. The quantitative estimate of drug-likeness (QED) is 0.427. The first kappa shape index (κ1) is 6.37. The van der Waals surface area contributed by atoms with E-state index in [1.807, 2.05) is 0 Å². The molecule has 0 amide bonds. The van der Waals surface area contributed by atoms with Gasteiger partial charge in [0, 0.05) is 0 Å². The number of nitrogens with one attached hydrogen (secondary N) is 1. The van der Waals surface area contributed by atoms with E-state index in [1.54, 1.807) is 0 Å². The maximum absolute atomic E-state index is 6.58. The lowest BCUT2D eigenvalue weighted by atomic mass is 10.7. The molecular formula is HBBrINP. The number of halogens is 2. The van der Waals surface area contributed by atoms with Crippen LogP contribution in [-0.2, 0) is 0 Å². The summed E-state index contributed by atoms with van der Waals surface area (Å²) in [5, 5.41) is 6.58. The minimum absolute atomic E-state index is 0.306. The Hall–Kier alpha value is 1.37. The van der Waals surface area contributed by atoms with Gasteiger partial charge in [-0.05, 0) is 8.25 Å². The molecule has 5 heavy (non-hydrogen) atoms. The molecule has 0 aromatic rings. The van der Waals surface area contributed by atoms with Crippen LogP contribution in [0.1, 0.15) is 0 Å². The van der Waals surface area contributed by atoms with Crippen molar-refractivity contribution in [3.05, 3.63) is 0 Å². The van der Waals surface area contributed by atoms with Gasteiger partial charge < -0.3 is 0 Å². The second kappa shape index (κ2) is 3.56. The van der Waals surface area contributed by atoms with Crippen LogP contribution in [0.3, 0.4) is 0 Å². The van der Waals surface area contributed by atoms with Crippen molar-refractivity contribution in [1.29, 1.82) is 5.16 Å². The largest absolute Gasteiger partial charge is 0.368 e. The average molecular weight is 264 g/mol. The van der Waals surface area contributed by atoms with E-state index in [4.69, 9.17) is 5.16 Å². The Bertz CT molecular complexity index is 38.6. The fraction of sp³-hybridized carbons (Fsp3) is 0. The first-order chi connectivity index (χ1) is 2.27. The summed E-state index contributed by atoms with van der Waals surface area (Å²) in [6.45, 7) is 0. The molecule has 0 bridgehead atoms. The Morgan fingerprint density at radius 1 is 2.00 bits per heavy atom. The first-order valence-corrected chi connectivity index (χ1v) is 4.04. The Morgan fingerprint density at radius 3 is 2.20 bits per heavy atom. The molecule has 0 saturated heterocycles. The van der Waals surface area contributed by atoms with Crippen molar-refractivity contribution in [2.24, 2.45) is 0 Å². The summed E-state index contributed by atoms with van der Waals surface area (Å²) in [5.41, 5.74) is 0. The smallest absolute Gasteiger partial charge is 0.293 e. The molecule has 1 nitrogen and oxygen atoms in total. The highest BCUT2D eigenvalue weighted by atomic mass is 127. The highest BCUT2D eigenvalue weighted by Crippen LogP contribution is 2.15. The third kappa shape index (κ3) is 5.37. The van der Waals surface area contributed by atoms with Gasteiger partial charge in [-0.1, -0.05) is 0 Å². The Labute approximate surface area is 54.5 Å². The van der Waals surface area contributed by atoms with Gasteiger partial charge >= 0.3 is 3.11 Å². The van der Waals surface area contributed by atoms with Gasteiger partial charge in [-0.3, -0.25) is 5.16 Å². The second-order valence-corrected chi connectivity index (χ2v) is 6.75. The monoisotopic (exact) mass is 263 g/mol. The number of rotatable bonds is 1. The van der Waals surface area contributed by atoms with E-state index in [2.05, 4.69) is 38.1 Å². The average Bonchev–Trinajstić information content (AvgIpc) is 1.38. The van der Waals surface area contributed by atoms with Crippen molar-refractivity contribution >= 4 is 49.5 Å². The lowest BCUT2D eigenvalue weighted by Gasteiger charge is -1.68. The minimum Gasteiger partial charge on any atom is -0.293 e. The second-order valence-electron chi connectivity index (χ2n) is 0.407. The van der Waals surface area contributed by atoms with Crippen molar-refractivity contribution in [3.63, 3.8) is 0 Å². The third-order valence-corrected chi connectivity index (χ3v) is 1.74. The molecule has 0 radical (unpaired) electrons. The highest BCUT2D eigenvalue weighted by molar-refractivity contribution is 14.1. The lowest BCUT2D eigenvalue weighted by Crippen LogP contribution is -1.63. The predicted molar refractivity (Wildman–Crippen MR) is 38.3 cm³/mol. The van der Waals surface area contributed by atoms with Gasteiger partial charge in [0.05, 0.1) is 0 Å². The molecule has 0 heterocycles. The van der Waals surface area contributed by atoms with E-state index in [9.17, 15) is 0 Å². The molecule has 0 aliphatic heterocycles. The van der Waals surface area contributed by atoms with Gasteiger partial charge in [0.25, 0.3) is 0 Å². The van der Waals surface area contributed by atoms with Gasteiger partial charge in [0.15, 0.2) is 0 Å². The molecule has 0 atom stereocenters. The van der Waals surface area contributed by atoms with Crippen LogP contribution < -0.4 is 0 Å². The molecule has 0 saturated carbocycles. The van der Waals surface area contributed by atoms with Crippen LogP contribution in [0.2, 0.25) is 0 Å². The van der Waals surface area contributed by atoms with E-state index in [-0.39, 0.29) is 0 Å². The Morgan fingerprint density at radius 2 is 2.20 bits per heavy atom. The molecule has 28 valence electrons. The molecule has 0 aromatic carbocycles. The molecule has 0 spiro atoms. The van der Waals surface area contributed by atoms with Crippen LogP contribution in [-0.4, -0.2) is 3.11 Å². The molecule has 0 unspecified atom stereocenters. The zero-order valence-electron chi connectivity index (χ0n) is 2.28. The van der Waals surface area contributed by atoms with Gasteiger partial charge in [-0.2, -0.15) is 0 Å². The SMILES string of the molecule is N=PB(Br)I. The normalized spacial score (nSPS) is 8.40. The molecule has 0 rings (SSSR count). The lowest BCUT2D eigenvalue weighted by molar-refractivity contribution is 1.66. The summed E-state index contributed by atoms with van der Waals surface area (Å²) in [4.78, 5) is 0. The Kier molecular flexibility index (Phi) is 4.54. The summed E-state index contributed by atoms with van der Waals surface area (Å²) >= 11 is 5.28. The maximum Gasteiger partial charge on any atom is 0.368 e. The molecule has 0 aliphatic carbocycles. The van der Waals surface area contributed by atoms with Crippen molar-refractivity contribution in [2.45, 2.75) is 0 Å². The topological polar surface area (TPSA) is 23.9 Å². The standard InChI is InChI=1S/BBrHINP/c2-1(3)5-4/h4H. The zero-order chi connectivity index (χ0) is 4.28. The summed E-state index contributed by atoms with van der Waals surface area (Å²) in [5.74, 6) is 0. The van der Waals surface area contributed by atoms with E-state index < -0.39 is 0 Å². The minimum atomic E-state index is 0.306. The van der Waals surface area contributed by atoms with E-state index in [1.165, 1.54) is 0 Å². The van der Waals surface area contributed by atoms with Gasteiger partial charge in [0.1, 0.15) is 0 Å². The van der Waals surface area contributed by atoms with E-state index in [0.29, 0.717) is 11.4 Å². The fourth-order valence-electron chi connectivity index (χ4n) is 0. The van der Waals surface area contributed by atoms with Gasteiger partial charge in [0.2, 0.25) is 0 Å². The van der Waals surface area contributed by atoms with Crippen molar-refractivity contribution < 1.29 is 0 Å². The van der Waals surface area contributed by atoms with Crippen LogP contribution in [0.5, 0.6) is 0 Å². The summed E-state index contributed by atoms with van der Waals surface area (Å²) in [6, 6.07) is 0. The molecular weight excluding hydrogens is 263 g/mol. The van der Waals surface area contributed by atoms with Crippen LogP contribution in [0.4, 0.5) is 0 Å². The van der Waals surface area contributed by atoms with Crippen LogP contribution in [0, 0.1) is 5.16 Å². The predicted octanol–water partition coefficient (Wildman–Crippen LogP) is 2.51. The molecule has 0 aromatic heterocycles. The van der Waals surface area contributed by atoms with Crippen molar-refractivity contribution in [1.82, 2.24) is 0 Å². The first-order valence-electron chi connectivity index (χ1n) is 0.918. The number of hydrogen-bond donors (Lipinski definition) is 1. The van der Waals surface area contributed by atoms with Gasteiger partial charge in [-0.25, -0.2) is 0 Å². The third-order valence-electron chi connectivity index (χ3n) is 0.0976. The van der Waals surface area contributed by atoms with Crippen LogP contribution >= 0.6 is 46.4 Å².